The van der Waals surface area contributed by atoms with Crippen LogP contribution in [0, 0.1) is 6.92 Å². The highest BCUT2D eigenvalue weighted by atomic mass is 32.2. The van der Waals surface area contributed by atoms with Crippen LogP contribution in [0.4, 0.5) is 0 Å². The highest BCUT2D eigenvalue weighted by molar-refractivity contribution is 8.00. The normalized spacial score (nSPS) is 10.6. The Morgan fingerprint density at radius 2 is 1.85 bits per heavy atom. The standard InChI is InChI=1S/C21H19NO3S2/c1-14-7-9-16(10-8-14)20-22-17(13-27-20)11-25-21(24)18-5-3-4-6-19(18)26-12-15(2)23/h3-10,13H,11-12H2,1-2H3. The van der Waals surface area contributed by atoms with E-state index in [-0.39, 0.29) is 12.4 Å². The largest absolute Gasteiger partial charge is 0.456 e. The first-order valence-electron chi connectivity index (χ1n) is 8.43. The van der Waals surface area contributed by atoms with Crippen LogP contribution in [-0.2, 0) is 16.1 Å². The van der Waals surface area contributed by atoms with Gasteiger partial charge >= 0.3 is 5.97 Å². The van der Waals surface area contributed by atoms with Gasteiger partial charge in [-0.1, -0.05) is 42.0 Å². The maximum absolute atomic E-state index is 12.5. The molecule has 0 amide bonds. The Kier molecular flexibility index (Phi) is 6.42. The topological polar surface area (TPSA) is 56.3 Å². The van der Waals surface area contributed by atoms with Gasteiger partial charge < -0.3 is 4.74 Å². The van der Waals surface area contributed by atoms with Gasteiger partial charge in [-0.2, -0.15) is 0 Å². The van der Waals surface area contributed by atoms with E-state index in [0.717, 1.165) is 21.2 Å². The Bertz CT molecular complexity index is 948. The zero-order chi connectivity index (χ0) is 19.2. The van der Waals surface area contributed by atoms with Crippen LogP contribution in [-0.4, -0.2) is 22.5 Å². The number of hydrogen-bond donors (Lipinski definition) is 0. The molecular formula is C21H19NO3S2. The number of ketones is 1. The molecule has 0 N–H and O–H groups in total. The molecule has 0 aliphatic heterocycles. The Balaban J connectivity index is 1.65. The van der Waals surface area contributed by atoms with Gasteiger partial charge in [-0.25, -0.2) is 9.78 Å². The molecule has 0 aliphatic carbocycles. The van der Waals surface area contributed by atoms with Crippen molar-refractivity contribution < 1.29 is 14.3 Å². The number of nitrogens with zero attached hydrogens (tertiary/aromatic N) is 1. The summed E-state index contributed by atoms with van der Waals surface area (Å²) in [5, 5.41) is 2.80. The fourth-order valence-electron chi connectivity index (χ4n) is 2.36. The number of aromatic nitrogens is 1. The third-order valence-corrected chi connectivity index (χ3v) is 5.90. The molecule has 0 fully saturated rings. The zero-order valence-electron chi connectivity index (χ0n) is 15.1. The summed E-state index contributed by atoms with van der Waals surface area (Å²) in [6.45, 7) is 3.69. The van der Waals surface area contributed by atoms with Crippen molar-refractivity contribution in [2.45, 2.75) is 25.3 Å². The SMILES string of the molecule is CC(=O)CSc1ccccc1C(=O)OCc1csc(-c2ccc(C)cc2)n1. The maximum Gasteiger partial charge on any atom is 0.339 e. The molecule has 3 rings (SSSR count). The minimum atomic E-state index is -0.411. The first kappa shape index (κ1) is 19.3. The van der Waals surface area contributed by atoms with Crippen LogP contribution in [0.1, 0.15) is 28.5 Å². The number of benzene rings is 2. The molecule has 0 atom stereocenters. The van der Waals surface area contributed by atoms with Crippen LogP contribution < -0.4 is 0 Å². The molecule has 3 aromatic rings. The van der Waals surface area contributed by atoms with Crippen LogP contribution in [0.3, 0.4) is 0 Å². The van der Waals surface area contributed by atoms with Gasteiger partial charge in [-0.15, -0.1) is 23.1 Å². The summed E-state index contributed by atoms with van der Waals surface area (Å²) in [6.07, 6.45) is 0. The number of thioether (sulfide) groups is 1. The molecule has 0 saturated carbocycles. The van der Waals surface area contributed by atoms with Crippen LogP contribution in [0.15, 0.2) is 58.8 Å². The average Bonchev–Trinajstić information content (AvgIpc) is 3.14. The Morgan fingerprint density at radius 3 is 2.59 bits per heavy atom. The number of rotatable bonds is 7. The second kappa shape index (κ2) is 8.97. The van der Waals surface area contributed by atoms with Crippen molar-refractivity contribution in [3.8, 4) is 10.6 Å². The average molecular weight is 398 g/mol. The predicted octanol–water partition coefficient (Wildman–Crippen LogP) is 5.16. The molecule has 27 heavy (non-hydrogen) atoms. The molecule has 0 bridgehead atoms. The predicted molar refractivity (Wildman–Crippen MR) is 109 cm³/mol. The first-order chi connectivity index (χ1) is 13.0. The van der Waals surface area contributed by atoms with E-state index in [0.29, 0.717) is 11.3 Å². The third-order valence-electron chi connectivity index (χ3n) is 3.74. The second-order valence-corrected chi connectivity index (χ2v) is 7.95. The van der Waals surface area contributed by atoms with E-state index in [9.17, 15) is 9.59 Å². The number of hydrogen-bond acceptors (Lipinski definition) is 6. The van der Waals surface area contributed by atoms with E-state index >= 15 is 0 Å². The van der Waals surface area contributed by atoms with Gasteiger partial charge in [-0.05, 0) is 26.0 Å². The zero-order valence-corrected chi connectivity index (χ0v) is 16.7. The number of aryl methyl sites for hydroxylation is 1. The van der Waals surface area contributed by atoms with E-state index in [1.807, 2.05) is 48.7 Å². The van der Waals surface area contributed by atoms with Crippen molar-refractivity contribution in [3.63, 3.8) is 0 Å². The lowest BCUT2D eigenvalue weighted by Crippen LogP contribution is -2.07. The minimum Gasteiger partial charge on any atom is -0.456 e. The van der Waals surface area contributed by atoms with Gasteiger partial charge in [0.15, 0.2) is 0 Å². The molecule has 2 aromatic carbocycles. The maximum atomic E-state index is 12.5. The Hall–Kier alpha value is -2.44. The van der Waals surface area contributed by atoms with Gasteiger partial charge in [0.2, 0.25) is 0 Å². The van der Waals surface area contributed by atoms with Crippen LogP contribution >= 0.6 is 23.1 Å². The molecule has 0 saturated heterocycles. The summed E-state index contributed by atoms with van der Waals surface area (Å²) in [6, 6.07) is 15.3. The fraction of sp³-hybridized carbons (Fsp3) is 0.190. The summed E-state index contributed by atoms with van der Waals surface area (Å²) < 4.78 is 5.44. The minimum absolute atomic E-state index is 0.0641. The molecule has 138 valence electrons. The van der Waals surface area contributed by atoms with Gasteiger partial charge in [0.25, 0.3) is 0 Å². The van der Waals surface area contributed by atoms with Crippen molar-refractivity contribution in [3.05, 3.63) is 70.7 Å². The summed E-state index contributed by atoms with van der Waals surface area (Å²) in [5.41, 5.74) is 3.44. The van der Waals surface area contributed by atoms with Gasteiger partial charge in [0.1, 0.15) is 17.4 Å². The van der Waals surface area contributed by atoms with E-state index in [1.165, 1.54) is 35.6 Å². The molecule has 0 spiro atoms. The molecule has 0 aliphatic rings. The smallest absolute Gasteiger partial charge is 0.339 e. The van der Waals surface area contributed by atoms with Crippen molar-refractivity contribution in [1.82, 2.24) is 4.98 Å². The first-order valence-corrected chi connectivity index (χ1v) is 10.3. The van der Waals surface area contributed by atoms with Crippen LogP contribution in [0.5, 0.6) is 0 Å². The van der Waals surface area contributed by atoms with Crippen molar-refractivity contribution >= 4 is 34.9 Å². The van der Waals surface area contributed by atoms with Crippen molar-refractivity contribution in [2.75, 3.05) is 5.75 Å². The van der Waals surface area contributed by atoms with Gasteiger partial charge in [0.05, 0.1) is 17.0 Å². The monoisotopic (exact) mass is 397 g/mol. The van der Waals surface area contributed by atoms with Crippen LogP contribution in [0.25, 0.3) is 10.6 Å². The lowest BCUT2D eigenvalue weighted by molar-refractivity contribution is -0.114. The Labute approximate surface area is 166 Å². The van der Waals surface area contributed by atoms with Crippen LogP contribution in [0.2, 0.25) is 0 Å². The number of Topliss-reactive ketones (excluding diaryl/α,β-unsaturated/α-hetero) is 1. The molecular weight excluding hydrogens is 378 g/mol. The van der Waals surface area contributed by atoms with Crippen molar-refractivity contribution in [2.24, 2.45) is 0 Å². The van der Waals surface area contributed by atoms with E-state index in [1.54, 1.807) is 12.1 Å². The molecule has 6 heteroatoms. The highest BCUT2D eigenvalue weighted by Crippen LogP contribution is 2.26. The van der Waals surface area contributed by atoms with E-state index < -0.39 is 5.97 Å². The number of carbonyl (C=O) groups excluding carboxylic acids is 2. The molecule has 1 aromatic heterocycles. The van der Waals surface area contributed by atoms with Gasteiger partial charge in [0, 0.05) is 15.8 Å². The lowest BCUT2D eigenvalue weighted by atomic mass is 10.2. The summed E-state index contributed by atoms with van der Waals surface area (Å²) in [5.74, 6) is -0.0168. The molecule has 0 unspecified atom stereocenters. The van der Waals surface area contributed by atoms with E-state index in [2.05, 4.69) is 4.98 Å². The molecule has 4 nitrogen and oxygen atoms in total. The third kappa shape index (κ3) is 5.28. The van der Waals surface area contributed by atoms with E-state index in [4.69, 9.17) is 4.74 Å². The van der Waals surface area contributed by atoms with Crippen molar-refractivity contribution in [1.29, 1.82) is 0 Å². The number of ether oxygens (including phenoxy) is 1. The quantitative estimate of drug-likeness (QED) is 0.407. The Morgan fingerprint density at radius 1 is 1.11 bits per heavy atom. The number of esters is 1. The number of carbonyl (C=O) groups is 2. The highest BCUT2D eigenvalue weighted by Gasteiger charge is 2.14. The summed E-state index contributed by atoms with van der Waals surface area (Å²) >= 11 is 2.87. The fourth-order valence-corrected chi connectivity index (χ4v) is 4.01. The summed E-state index contributed by atoms with van der Waals surface area (Å²) in [4.78, 5) is 29.0. The second-order valence-electron chi connectivity index (χ2n) is 6.07. The lowest BCUT2D eigenvalue weighted by Gasteiger charge is -2.08. The molecule has 1 heterocycles. The number of thiazole rings is 1. The summed E-state index contributed by atoms with van der Waals surface area (Å²) in [7, 11) is 0. The van der Waals surface area contributed by atoms with Gasteiger partial charge in [-0.3, -0.25) is 4.79 Å². The molecule has 0 radical (unpaired) electrons.